The van der Waals surface area contributed by atoms with Crippen LogP contribution in [-0.2, 0) is 4.79 Å². The van der Waals surface area contributed by atoms with Crippen molar-refractivity contribution < 1.29 is 9.53 Å². The van der Waals surface area contributed by atoms with Gasteiger partial charge in [-0.25, -0.2) is 0 Å². The Kier molecular flexibility index (Phi) is 3.24. The predicted octanol–water partition coefficient (Wildman–Crippen LogP) is 3.45. The van der Waals surface area contributed by atoms with E-state index in [1.165, 1.54) is 0 Å². The van der Waals surface area contributed by atoms with Crippen LogP contribution in [-0.4, -0.2) is 13.4 Å². The maximum Gasteiger partial charge on any atom is 0.145 e. The fourth-order valence-electron chi connectivity index (χ4n) is 1.76. The van der Waals surface area contributed by atoms with Crippen LogP contribution in [0.3, 0.4) is 0 Å². The van der Waals surface area contributed by atoms with Crippen molar-refractivity contribution in [1.82, 2.24) is 0 Å². The van der Waals surface area contributed by atoms with Crippen LogP contribution in [0.2, 0.25) is 0 Å². The van der Waals surface area contributed by atoms with Crippen LogP contribution >= 0.6 is 0 Å². The molecule has 0 fully saturated rings. The van der Waals surface area contributed by atoms with E-state index in [4.69, 9.17) is 4.74 Å². The van der Waals surface area contributed by atoms with E-state index in [1.54, 1.807) is 14.0 Å². The molecular formula is C15H14O2. The van der Waals surface area contributed by atoms with Crippen LogP contribution in [0.4, 0.5) is 0 Å². The van der Waals surface area contributed by atoms with Crippen LogP contribution in [0.25, 0.3) is 16.8 Å². The highest BCUT2D eigenvalue weighted by Gasteiger charge is 1.97. The topological polar surface area (TPSA) is 26.3 Å². The summed E-state index contributed by atoms with van der Waals surface area (Å²) in [5.41, 5.74) is 1.75. The summed E-state index contributed by atoms with van der Waals surface area (Å²) in [4.78, 5) is 10.6. The van der Waals surface area contributed by atoms with Gasteiger partial charge in [-0.1, -0.05) is 18.2 Å². The quantitative estimate of drug-likeness (QED) is 0.592. The molecule has 0 amide bonds. The molecule has 2 rings (SSSR count). The number of rotatable bonds is 3. The molecule has 0 bridgehead atoms. The van der Waals surface area contributed by atoms with E-state index in [9.17, 15) is 4.79 Å². The van der Waals surface area contributed by atoms with Crippen LogP contribution in [0.15, 0.2) is 42.0 Å². The number of hydrogen-bond donors (Lipinski definition) is 0. The zero-order valence-corrected chi connectivity index (χ0v) is 9.94. The van der Waals surface area contributed by atoms with Gasteiger partial charge in [0, 0.05) is 0 Å². The number of fused-ring (bicyclic) bond motifs is 1. The minimum absolute atomic E-state index is 0.720. The summed E-state index contributed by atoms with van der Waals surface area (Å²) in [5, 5.41) is 2.27. The number of ether oxygens (including phenoxy) is 1. The number of hydrogen-bond acceptors (Lipinski definition) is 2. The number of benzene rings is 2. The molecule has 0 radical (unpaired) electrons. The Morgan fingerprint density at radius 1 is 1.12 bits per heavy atom. The molecule has 2 aromatic carbocycles. The van der Waals surface area contributed by atoms with Crippen molar-refractivity contribution in [1.29, 1.82) is 0 Å². The third kappa shape index (κ3) is 2.53. The van der Waals surface area contributed by atoms with Crippen molar-refractivity contribution in [2.24, 2.45) is 0 Å². The van der Waals surface area contributed by atoms with Gasteiger partial charge in [0.15, 0.2) is 0 Å². The average molecular weight is 226 g/mol. The molecule has 0 atom stereocenters. The minimum atomic E-state index is 0.720. The molecule has 0 saturated carbocycles. The first-order chi connectivity index (χ1) is 8.22. The van der Waals surface area contributed by atoms with Crippen LogP contribution < -0.4 is 4.74 Å². The predicted molar refractivity (Wildman–Crippen MR) is 70.2 cm³/mol. The molecule has 2 nitrogen and oxygen atoms in total. The van der Waals surface area contributed by atoms with Crippen molar-refractivity contribution in [3.63, 3.8) is 0 Å². The third-order valence-electron chi connectivity index (χ3n) is 2.65. The second kappa shape index (κ2) is 4.83. The number of aldehydes is 1. The normalized spacial score (nSPS) is 11.5. The first kappa shape index (κ1) is 11.4. The van der Waals surface area contributed by atoms with Gasteiger partial charge in [0.05, 0.1) is 7.11 Å². The molecule has 2 aromatic rings. The largest absolute Gasteiger partial charge is 0.497 e. The van der Waals surface area contributed by atoms with Gasteiger partial charge in [-0.3, -0.25) is 4.79 Å². The highest BCUT2D eigenvalue weighted by molar-refractivity contribution is 5.88. The van der Waals surface area contributed by atoms with Gasteiger partial charge in [-0.05, 0) is 53.1 Å². The van der Waals surface area contributed by atoms with Crippen LogP contribution in [0.5, 0.6) is 5.75 Å². The second-order valence-corrected chi connectivity index (χ2v) is 3.98. The lowest BCUT2D eigenvalue weighted by molar-refractivity contribution is -0.104. The third-order valence-corrected chi connectivity index (χ3v) is 2.65. The summed E-state index contributed by atoms with van der Waals surface area (Å²) in [7, 11) is 1.66. The molecule has 0 aromatic heterocycles. The summed E-state index contributed by atoms with van der Waals surface area (Å²) in [6.45, 7) is 1.80. The summed E-state index contributed by atoms with van der Waals surface area (Å²) in [6, 6.07) is 12.0. The Morgan fingerprint density at radius 3 is 2.53 bits per heavy atom. The Hall–Kier alpha value is -2.09. The molecule has 2 heteroatoms. The van der Waals surface area contributed by atoms with E-state index in [1.807, 2.05) is 36.4 Å². The number of carbonyl (C=O) groups excluding carboxylic acids is 1. The van der Waals surface area contributed by atoms with Crippen molar-refractivity contribution in [3.8, 4) is 5.75 Å². The maximum atomic E-state index is 10.6. The van der Waals surface area contributed by atoms with E-state index in [0.717, 1.165) is 33.9 Å². The molecule has 86 valence electrons. The Bertz CT molecular complexity index is 582. The van der Waals surface area contributed by atoms with Crippen molar-refractivity contribution in [2.75, 3.05) is 7.11 Å². The molecule has 0 aliphatic heterocycles. The number of allylic oxidation sites excluding steroid dienone is 1. The van der Waals surface area contributed by atoms with Gasteiger partial charge < -0.3 is 4.74 Å². The maximum absolute atomic E-state index is 10.6. The highest BCUT2D eigenvalue weighted by atomic mass is 16.5. The fourth-order valence-corrected chi connectivity index (χ4v) is 1.76. The zero-order valence-electron chi connectivity index (χ0n) is 9.94. The van der Waals surface area contributed by atoms with Crippen molar-refractivity contribution >= 4 is 23.1 Å². The molecule has 0 heterocycles. The molecule has 0 spiro atoms. The number of carbonyl (C=O) groups is 1. The molecule has 0 saturated heterocycles. The van der Waals surface area contributed by atoms with Crippen molar-refractivity contribution in [3.05, 3.63) is 47.5 Å². The summed E-state index contributed by atoms with van der Waals surface area (Å²) < 4.78 is 5.18. The molecule has 0 aliphatic carbocycles. The van der Waals surface area contributed by atoms with E-state index < -0.39 is 0 Å². The molecule has 17 heavy (non-hydrogen) atoms. The fraction of sp³-hybridized carbons (Fsp3) is 0.133. The summed E-state index contributed by atoms with van der Waals surface area (Å²) >= 11 is 0. The average Bonchev–Trinajstić information content (AvgIpc) is 2.38. The Balaban J connectivity index is 2.48. The van der Waals surface area contributed by atoms with Gasteiger partial charge >= 0.3 is 0 Å². The monoisotopic (exact) mass is 226 g/mol. The van der Waals surface area contributed by atoms with Crippen LogP contribution in [0.1, 0.15) is 12.5 Å². The van der Waals surface area contributed by atoms with Crippen molar-refractivity contribution in [2.45, 2.75) is 6.92 Å². The van der Waals surface area contributed by atoms with Gasteiger partial charge in [-0.2, -0.15) is 0 Å². The first-order valence-corrected chi connectivity index (χ1v) is 5.44. The van der Waals surface area contributed by atoms with Gasteiger partial charge in [-0.15, -0.1) is 0 Å². The lowest BCUT2D eigenvalue weighted by Crippen LogP contribution is -1.83. The molecule has 0 N–H and O–H groups in total. The lowest BCUT2D eigenvalue weighted by atomic mass is 10.1. The second-order valence-electron chi connectivity index (χ2n) is 3.98. The summed E-state index contributed by atoms with van der Waals surface area (Å²) in [6.07, 6.45) is 2.73. The standard InChI is InChI=1S/C15H14O2/c1-11(10-16)7-12-3-4-14-9-15(17-2)6-5-13(14)8-12/h3-10H,1-2H3/b11-7+. The van der Waals surface area contributed by atoms with Gasteiger partial charge in [0.25, 0.3) is 0 Å². The highest BCUT2D eigenvalue weighted by Crippen LogP contribution is 2.22. The Morgan fingerprint density at radius 2 is 1.82 bits per heavy atom. The first-order valence-electron chi connectivity index (χ1n) is 5.44. The smallest absolute Gasteiger partial charge is 0.145 e. The lowest BCUT2D eigenvalue weighted by Gasteiger charge is -2.03. The van der Waals surface area contributed by atoms with E-state index in [-0.39, 0.29) is 0 Å². The molecule has 0 unspecified atom stereocenters. The SMILES string of the molecule is COc1ccc2cc(/C=C(\C)C=O)ccc2c1. The minimum Gasteiger partial charge on any atom is -0.497 e. The Labute approximate surface area is 101 Å². The molecule has 0 aliphatic rings. The van der Waals surface area contributed by atoms with E-state index in [0.29, 0.717) is 0 Å². The van der Waals surface area contributed by atoms with Gasteiger partial charge in [0.2, 0.25) is 0 Å². The number of methoxy groups -OCH3 is 1. The molecular weight excluding hydrogens is 212 g/mol. The zero-order chi connectivity index (χ0) is 12.3. The van der Waals surface area contributed by atoms with Crippen LogP contribution in [0, 0.1) is 0 Å². The van der Waals surface area contributed by atoms with E-state index >= 15 is 0 Å². The summed E-state index contributed by atoms with van der Waals surface area (Å²) in [5.74, 6) is 0.852. The van der Waals surface area contributed by atoms with E-state index in [2.05, 4.69) is 6.07 Å². The van der Waals surface area contributed by atoms with Gasteiger partial charge in [0.1, 0.15) is 12.0 Å².